The third-order valence-corrected chi connectivity index (χ3v) is 4.37. The highest BCUT2D eigenvalue weighted by atomic mass is 16.2. The predicted octanol–water partition coefficient (Wildman–Crippen LogP) is 0.438. The standard InChI is InChI=1S/C16H17N7O2/c1-10-18-19-13-9-22(15(24)14-17-16(25)21-20-14)8-12(23(10)13)7-11-5-3-2-4-6-11/h2-6,12H,7-9H2,1H3,(H2,17,20,21,25)/t12-/m1/s1. The van der Waals surface area contributed by atoms with E-state index >= 15 is 0 Å². The van der Waals surface area contributed by atoms with Gasteiger partial charge in [-0.05, 0) is 18.9 Å². The Morgan fingerprint density at radius 1 is 1.28 bits per heavy atom. The van der Waals surface area contributed by atoms with Crippen LogP contribution in [0, 0.1) is 6.92 Å². The first-order valence-corrected chi connectivity index (χ1v) is 8.00. The second-order valence-corrected chi connectivity index (χ2v) is 6.09. The van der Waals surface area contributed by atoms with E-state index in [2.05, 4.69) is 42.1 Å². The van der Waals surface area contributed by atoms with Gasteiger partial charge in [-0.3, -0.25) is 9.78 Å². The molecule has 0 saturated carbocycles. The first kappa shape index (κ1) is 15.3. The summed E-state index contributed by atoms with van der Waals surface area (Å²) >= 11 is 0. The van der Waals surface area contributed by atoms with Gasteiger partial charge in [-0.2, -0.15) is 0 Å². The second-order valence-electron chi connectivity index (χ2n) is 6.09. The molecule has 2 N–H and O–H groups in total. The van der Waals surface area contributed by atoms with Crippen molar-refractivity contribution >= 4 is 5.91 Å². The van der Waals surface area contributed by atoms with Crippen LogP contribution in [0.4, 0.5) is 0 Å². The van der Waals surface area contributed by atoms with Crippen LogP contribution in [-0.4, -0.2) is 47.3 Å². The highest BCUT2D eigenvalue weighted by molar-refractivity contribution is 5.90. The van der Waals surface area contributed by atoms with Gasteiger partial charge >= 0.3 is 5.69 Å². The van der Waals surface area contributed by atoms with Crippen LogP contribution in [0.25, 0.3) is 0 Å². The monoisotopic (exact) mass is 339 g/mol. The van der Waals surface area contributed by atoms with Crippen LogP contribution in [0.1, 0.15) is 33.9 Å². The first-order valence-electron chi connectivity index (χ1n) is 8.00. The van der Waals surface area contributed by atoms with Crippen LogP contribution in [0.5, 0.6) is 0 Å². The average Bonchev–Trinajstić information content (AvgIpc) is 3.21. The number of fused-ring (bicyclic) bond motifs is 1. The van der Waals surface area contributed by atoms with Gasteiger partial charge in [-0.25, -0.2) is 9.89 Å². The lowest BCUT2D eigenvalue weighted by molar-refractivity contribution is 0.0660. The molecule has 9 nitrogen and oxygen atoms in total. The van der Waals surface area contributed by atoms with Gasteiger partial charge in [0.25, 0.3) is 5.91 Å². The molecule has 0 radical (unpaired) electrons. The SMILES string of the molecule is Cc1nnc2n1[C@H](Cc1ccccc1)CN(C(=O)c1n[nH]c(=O)[nH]1)C2. The topological polar surface area (TPSA) is 113 Å². The van der Waals surface area contributed by atoms with Crippen molar-refractivity contribution in [3.05, 3.63) is 63.9 Å². The highest BCUT2D eigenvalue weighted by Crippen LogP contribution is 2.25. The number of nitrogens with one attached hydrogen (secondary N) is 2. The summed E-state index contributed by atoms with van der Waals surface area (Å²) in [5, 5.41) is 14.3. The summed E-state index contributed by atoms with van der Waals surface area (Å²) in [5.74, 6) is 1.24. The average molecular weight is 339 g/mol. The van der Waals surface area contributed by atoms with Crippen LogP contribution in [0.15, 0.2) is 35.1 Å². The summed E-state index contributed by atoms with van der Waals surface area (Å²) in [6.07, 6.45) is 0.758. The van der Waals surface area contributed by atoms with Gasteiger partial charge in [-0.1, -0.05) is 30.3 Å². The lowest BCUT2D eigenvalue weighted by atomic mass is 10.0. The second kappa shape index (κ2) is 6.00. The molecule has 1 aliphatic heterocycles. The van der Waals surface area contributed by atoms with Crippen LogP contribution >= 0.6 is 0 Å². The molecule has 3 heterocycles. The number of nitrogens with zero attached hydrogens (tertiary/aromatic N) is 5. The molecule has 0 spiro atoms. The van der Waals surface area contributed by atoms with Crippen molar-refractivity contribution in [2.24, 2.45) is 0 Å². The molecular formula is C16H17N7O2. The number of aryl methyl sites for hydroxylation is 1. The number of H-pyrrole nitrogens is 2. The molecule has 1 aliphatic rings. The van der Waals surface area contributed by atoms with E-state index < -0.39 is 5.69 Å². The van der Waals surface area contributed by atoms with E-state index in [1.165, 1.54) is 5.56 Å². The number of aromatic nitrogens is 6. The largest absolute Gasteiger partial charge is 0.341 e. The number of hydrogen-bond acceptors (Lipinski definition) is 5. The van der Waals surface area contributed by atoms with Gasteiger partial charge in [0.1, 0.15) is 5.82 Å². The molecule has 9 heteroatoms. The van der Waals surface area contributed by atoms with Gasteiger partial charge < -0.3 is 9.47 Å². The number of carbonyl (C=O) groups excluding carboxylic acids is 1. The number of benzene rings is 1. The molecule has 0 saturated heterocycles. The minimum absolute atomic E-state index is 0.00754. The Kier molecular flexibility index (Phi) is 3.68. The fraction of sp³-hybridized carbons (Fsp3) is 0.312. The summed E-state index contributed by atoms with van der Waals surface area (Å²) in [7, 11) is 0. The molecular weight excluding hydrogens is 322 g/mol. The van der Waals surface area contributed by atoms with Crippen molar-refractivity contribution in [3.8, 4) is 0 Å². The van der Waals surface area contributed by atoms with Gasteiger partial charge in [-0.15, -0.1) is 15.3 Å². The number of amides is 1. The Labute approximate surface area is 142 Å². The predicted molar refractivity (Wildman–Crippen MR) is 87.9 cm³/mol. The van der Waals surface area contributed by atoms with Crippen LogP contribution in [0.2, 0.25) is 0 Å². The van der Waals surface area contributed by atoms with Crippen molar-refractivity contribution in [3.63, 3.8) is 0 Å². The minimum Gasteiger partial charge on any atom is -0.326 e. The molecule has 1 atom stereocenters. The molecule has 25 heavy (non-hydrogen) atoms. The molecule has 0 fully saturated rings. The number of hydrogen-bond donors (Lipinski definition) is 2. The highest BCUT2D eigenvalue weighted by Gasteiger charge is 2.32. The van der Waals surface area contributed by atoms with Crippen molar-refractivity contribution in [2.45, 2.75) is 25.9 Å². The van der Waals surface area contributed by atoms with Crippen LogP contribution < -0.4 is 5.69 Å². The number of rotatable bonds is 3. The summed E-state index contributed by atoms with van der Waals surface area (Å²) < 4.78 is 2.09. The van der Waals surface area contributed by atoms with Crippen molar-refractivity contribution in [1.29, 1.82) is 0 Å². The fourth-order valence-electron chi connectivity index (χ4n) is 3.29. The third-order valence-electron chi connectivity index (χ3n) is 4.37. The van der Waals surface area contributed by atoms with Crippen molar-refractivity contribution in [2.75, 3.05) is 6.54 Å². The Morgan fingerprint density at radius 3 is 2.80 bits per heavy atom. The molecule has 0 unspecified atom stereocenters. The van der Waals surface area contributed by atoms with E-state index in [4.69, 9.17) is 0 Å². The normalized spacial score (nSPS) is 16.7. The molecule has 0 aliphatic carbocycles. The quantitative estimate of drug-likeness (QED) is 0.719. The van der Waals surface area contributed by atoms with E-state index in [-0.39, 0.29) is 17.8 Å². The third kappa shape index (κ3) is 2.84. The van der Waals surface area contributed by atoms with Crippen molar-refractivity contribution in [1.82, 2.24) is 34.8 Å². The zero-order valence-corrected chi connectivity index (χ0v) is 13.6. The lowest BCUT2D eigenvalue weighted by Crippen LogP contribution is -2.42. The maximum atomic E-state index is 12.6. The summed E-state index contributed by atoms with van der Waals surface area (Å²) in [5.41, 5.74) is 0.675. The van der Waals surface area contributed by atoms with Crippen LogP contribution in [-0.2, 0) is 13.0 Å². The Balaban J connectivity index is 1.65. The maximum absolute atomic E-state index is 12.6. The minimum atomic E-state index is -0.500. The summed E-state index contributed by atoms with van der Waals surface area (Å²) in [6, 6.07) is 10.1. The van der Waals surface area contributed by atoms with E-state index in [1.54, 1.807) is 4.90 Å². The van der Waals surface area contributed by atoms with Gasteiger partial charge in [0.2, 0.25) is 5.82 Å². The molecule has 1 amide bonds. The van der Waals surface area contributed by atoms with E-state index in [0.717, 1.165) is 18.1 Å². The first-order chi connectivity index (χ1) is 12.1. The molecule has 128 valence electrons. The van der Waals surface area contributed by atoms with E-state index in [0.29, 0.717) is 13.1 Å². The van der Waals surface area contributed by atoms with Gasteiger partial charge in [0.05, 0.1) is 12.6 Å². The molecule has 4 rings (SSSR count). The lowest BCUT2D eigenvalue weighted by Gasteiger charge is -2.33. The Hall–Kier alpha value is -3.23. The molecule has 1 aromatic carbocycles. The van der Waals surface area contributed by atoms with Crippen molar-refractivity contribution < 1.29 is 4.79 Å². The summed E-state index contributed by atoms with van der Waals surface area (Å²) in [6.45, 7) is 2.74. The zero-order chi connectivity index (χ0) is 17.4. The van der Waals surface area contributed by atoms with E-state index in [9.17, 15) is 9.59 Å². The maximum Gasteiger partial charge on any atom is 0.341 e. The van der Waals surface area contributed by atoms with Crippen LogP contribution in [0.3, 0.4) is 0 Å². The molecule has 3 aromatic rings. The Morgan fingerprint density at radius 2 is 2.08 bits per heavy atom. The molecule has 2 aromatic heterocycles. The molecule has 0 bridgehead atoms. The smallest absolute Gasteiger partial charge is 0.326 e. The number of carbonyl (C=O) groups is 1. The Bertz CT molecular complexity index is 956. The van der Waals surface area contributed by atoms with E-state index in [1.807, 2.05) is 25.1 Å². The fourth-order valence-corrected chi connectivity index (χ4v) is 3.29. The summed E-state index contributed by atoms with van der Waals surface area (Å²) in [4.78, 5) is 27.9. The zero-order valence-electron chi connectivity index (χ0n) is 13.6. The number of aromatic amines is 2. The van der Waals surface area contributed by atoms with Gasteiger partial charge in [0.15, 0.2) is 5.82 Å². The van der Waals surface area contributed by atoms with Gasteiger partial charge in [0, 0.05) is 6.54 Å².